The molecule has 0 aliphatic carbocycles. The molecule has 5 N–H and O–H groups in total. The summed E-state index contributed by atoms with van der Waals surface area (Å²) >= 11 is 0. The molecule has 21 heteroatoms. The largest absolute Gasteiger partial charge is 0.459 e. The first-order valence-corrected chi connectivity index (χ1v) is 31.4. The Labute approximate surface area is 480 Å². The van der Waals surface area contributed by atoms with Crippen molar-refractivity contribution < 1.29 is 101 Å². The minimum Gasteiger partial charge on any atom is -0.459 e. The summed E-state index contributed by atoms with van der Waals surface area (Å²) in [5.74, 6) is -5.41. The SMILES string of the molecule is C=C1C[C@H](CC[C@]23OC4C5O[C@H]6CC[C@H](CC(=O)O[C@@H]7[C@@H](C)[C@@H]8O[C@@H]9C[C@]%10(C[C@@H]%11O[C@]%12(C[C@H](C)[C@@H]%13O[C@H]([C@@H](O)C[C@@H](O)CO)C[C@@H]%13O%12)C[C@H](C)[C@@H]%11O%10)O[C@@H]9C[C@@H]8O[C@H]7C)O[C@@H]6[C@H](O2)[C@@H]5O[C@@]4(O)[C@H]3O)O[C@H]1CC[C@H]1C[C@@H](C)C(=C)[C@@H](C)O1. The van der Waals surface area contributed by atoms with Crippen LogP contribution >= 0.6 is 0 Å². The van der Waals surface area contributed by atoms with Crippen molar-refractivity contribution in [2.75, 3.05) is 6.61 Å². The lowest BCUT2D eigenvalue weighted by Gasteiger charge is -2.50. The van der Waals surface area contributed by atoms with E-state index in [1.807, 2.05) is 6.92 Å². The second-order valence-electron chi connectivity index (χ2n) is 27.9. The predicted octanol–water partition coefficient (Wildman–Crippen LogP) is 3.85. The molecule has 0 aromatic carbocycles. The van der Waals surface area contributed by atoms with Gasteiger partial charge >= 0.3 is 5.97 Å². The molecule has 2 spiro atoms. The zero-order valence-electron chi connectivity index (χ0n) is 48.4. The van der Waals surface area contributed by atoms with Gasteiger partial charge in [0.2, 0.25) is 11.6 Å². The van der Waals surface area contributed by atoms with E-state index in [1.54, 1.807) is 0 Å². The fourth-order valence-electron chi connectivity index (χ4n) is 17.9. The topological polar surface area (TPSA) is 257 Å². The van der Waals surface area contributed by atoms with Gasteiger partial charge in [-0.15, -0.1) is 0 Å². The Morgan fingerprint density at radius 1 is 0.646 bits per heavy atom. The molecular formula is C61H90O21. The Balaban J connectivity index is 0.575. The third kappa shape index (κ3) is 9.88. The van der Waals surface area contributed by atoms with Gasteiger partial charge in [0.25, 0.3) is 0 Å². The molecule has 82 heavy (non-hydrogen) atoms. The van der Waals surface area contributed by atoms with E-state index in [0.29, 0.717) is 70.1 Å². The number of hydrogen-bond donors (Lipinski definition) is 5. The molecule has 15 heterocycles. The second-order valence-corrected chi connectivity index (χ2v) is 27.9. The summed E-state index contributed by atoms with van der Waals surface area (Å²) in [6, 6.07) is 0. The standard InChI is InChI=1S/C61H90O21/c1-26-15-35(68-32(7)30(26)5)9-11-39-27(2)16-37(70-39)13-14-60-57(66)61(67)56(82-60)55-54(81-61)53(80-60)52-40(72-55)12-10-36(71-52)18-47(65)75-50-31(6)51-43(69-33(50)8)20-42-45(74-51)23-59(76-42)24-46-49(79-59)29(4)22-58(78-46)21-28(3)48-44(77-58)19-41(73-48)38(64)17-34(63)25-62/h26,28-29,31-46,48-57,62-64,66-67H,2,5,9-25H2,1,3-4,6-8H3/t26-,28+,29+,31-,32-,33+,34-,35+,36-,37+,38+,39+,40+,41+,42-,43+,44+,45-,46+,48+,49+,50-,51+,52+,53+,54+,55?,56?,57+,58-,59+,60-,61-/m1/s1. The van der Waals surface area contributed by atoms with Gasteiger partial charge in [0.1, 0.15) is 36.6 Å². The highest BCUT2D eigenvalue weighted by Crippen LogP contribution is 2.59. The Bertz CT molecular complexity index is 2400. The molecule has 33 atom stereocenters. The van der Waals surface area contributed by atoms with Crippen LogP contribution in [0.4, 0.5) is 0 Å². The molecule has 21 nitrogen and oxygen atoms in total. The zero-order valence-corrected chi connectivity index (χ0v) is 48.4. The van der Waals surface area contributed by atoms with Gasteiger partial charge in [-0.05, 0) is 87.7 Å². The van der Waals surface area contributed by atoms with Crippen LogP contribution in [0.2, 0.25) is 0 Å². The molecule has 6 bridgehead atoms. The van der Waals surface area contributed by atoms with Crippen LogP contribution in [0.1, 0.15) is 144 Å². The van der Waals surface area contributed by atoms with Gasteiger partial charge < -0.3 is 96.6 Å². The first-order valence-electron chi connectivity index (χ1n) is 31.4. The molecule has 0 aromatic heterocycles. The highest BCUT2D eigenvalue weighted by atomic mass is 16.8. The van der Waals surface area contributed by atoms with Gasteiger partial charge in [0.05, 0.1) is 123 Å². The second kappa shape index (κ2) is 21.5. The van der Waals surface area contributed by atoms with Crippen LogP contribution in [-0.2, 0) is 75.8 Å². The van der Waals surface area contributed by atoms with Gasteiger partial charge in [0, 0.05) is 57.3 Å². The number of ether oxygens (including phenoxy) is 15. The zero-order chi connectivity index (χ0) is 57.1. The smallest absolute Gasteiger partial charge is 0.308 e. The molecule has 2 unspecified atom stereocenters. The van der Waals surface area contributed by atoms with Crippen molar-refractivity contribution in [2.24, 2.45) is 23.7 Å². The monoisotopic (exact) mass is 1160 g/mol. The van der Waals surface area contributed by atoms with E-state index >= 15 is 0 Å². The Hall–Kier alpha value is -1.81. The van der Waals surface area contributed by atoms with Crippen LogP contribution in [0, 0.1) is 23.7 Å². The van der Waals surface area contributed by atoms with Crippen molar-refractivity contribution in [3.05, 3.63) is 24.3 Å². The Morgan fingerprint density at radius 3 is 2.17 bits per heavy atom. The van der Waals surface area contributed by atoms with Crippen molar-refractivity contribution >= 4 is 5.97 Å². The quantitative estimate of drug-likeness (QED) is 0.130. The molecule has 0 saturated carbocycles. The lowest BCUT2D eigenvalue weighted by molar-refractivity contribution is -0.347. The molecule has 460 valence electrons. The number of rotatable bonds is 13. The van der Waals surface area contributed by atoms with E-state index in [0.717, 1.165) is 30.4 Å². The Kier molecular flexibility index (Phi) is 15.2. The number of carbonyl (C=O) groups is 1. The van der Waals surface area contributed by atoms with Gasteiger partial charge in [-0.3, -0.25) is 4.79 Å². The maximum Gasteiger partial charge on any atom is 0.308 e. The predicted molar refractivity (Wildman–Crippen MR) is 283 cm³/mol. The summed E-state index contributed by atoms with van der Waals surface area (Å²) in [6.45, 7) is 20.7. The third-order valence-electron chi connectivity index (χ3n) is 22.0. The molecule has 15 aliphatic rings. The van der Waals surface area contributed by atoms with E-state index in [2.05, 4.69) is 47.8 Å². The molecular weight excluding hydrogens is 1070 g/mol. The number of aliphatic hydroxyl groups excluding tert-OH is 4. The van der Waals surface area contributed by atoms with Gasteiger partial charge in [-0.1, -0.05) is 40.9 Å². The van der Waals surface area contributed by atoms with Crippen LogP contribution in [0.3, 0.4) is 0 Å². The normalized spacial score (nSPS) is 56.0. The first-order chi connectivity index (χ1) is 39.1. The average Bonchev–Trinajstić information content (AvgIpc) is 1.76. The van der Waals surface area contributed by atoms with Crippen LogP contribution in [0.5, 0.6) is 0 Å². The van der Waals surface area contributed by atoms with E-state index in [1.165, 1.54) is 0 Å². The van der Waals surface area contributed by atoms with E-state index in [4.69, 9.17) is 71.1 Å². The van der Waals surface area contributed by atoms with Crippen LogP contribution < -0.4 is 0 Å². The summed E-state index contributed by atoms with van der Waals surface area (Å²) in [6.07, 6.45) is -3.60. The van der Waals surface area contributed by atoms with Crippen LogP contribution in [-0.4, -0.2) is 214 Å². The summed E-state index contributed by atoms with van der Waals surface area (Å²) < 4.78 is 99.7. The highest BCUT2D eigenvalue weighted by molar-refractivity contribution is 5.70. The summed E-state index contributed by atoms with van der Waals surface area (Å²) in [7, 11) is 0. The van der Waals surface area contributed by atoms with Gasteiger partial charge in [-0.2, -0.15) is 0 Å². The van der Waals surface area contributed by atoms with Crippen LogP contribution in [0.25, 0.3) is 0 Å². The molecule has 0 amide bonds. The van der Waals surface area contributed by atoms with Gasteiger partial charge in [0.15, 0.2) is 17.7 Å². The van der Waals surface area contributed by atoms with Gasteiger partial charge in [-0.25, -0.2) is 0 Å². The van der Waals surface area contributed by atoms with Crippen molar-refractivity contribution in [3.8, 4) is 0 Å². The molecule has 15 fully saturated rings. The maximum atomic E-state index is 14.1. The number of fused-ring (bicyclic) bond motifs is 5. The number of carbonyl (C=O) groups excluding carboxylic acids is 1. The fraction of sp³-hybridized carbons (Fsp3) is 0.918. The maximum absolute atomic E-state index is 14.1. The van der Waals surface area contributed by atoms with E-state index in [9.17, 15) is 30.3 Å². The minimum atomic E-state index is -2.04. The first kappa shape index (κ1) is 57.9. The van der Waals surface area contributed by atoms with Crippen molar-refractivity contribution in [1.29, 1.82) is 0 Å². The van der Waals surface area contributed by atoms with E-state index in [-0.39, 0.29) is 110 Å². The third-order valence-corrected chi connectivity index (χ3v) is 22.0. The molecule has 15 aliphatic heterocycles. The molecule has 0 aromatic rings. The highest BCUT2D eigenvalue weighted by Gasteiger charge is 2.79. The lowest BCUT2D eigenvalue weighted by Crippen LogP contribution is -2.63. The number of aliphatic hydroxyl groups is 5. The minimum absolute atomic E-state index is 0.0154. The summed E-state index contributed by atoms with van der Waals surface area (Å²) in [5.41, 5.74) is 2.17. The van der Waals surface area contributed by atoms with Crippen molar-refractivity contribution in [1.82, 2.24) is 0 Å². The molecule has 15 rings (SSSR count). The molecule has 15 saturated heterocycles. The summed E-state index contributed by atoms with van der Waals surface area (Å²) in [5, 5.41) is 54.0. The number of hydrogen-bond acceptors (Lipinski definition) is 21. The van der Waals surface area contributed by atoms with Crippen molar-refractivity contribution in [3.63, 3.8) is 0 Å². The summed E-state index contributed by atoms with van der Waals surface area (Å²) in [4.78, 5) is 14.1. The average molecular weight is 1160 g/mol. The Morgan fingerprint density at radius 2 is 1.38 bits per heavy atom. The van der Waals surface area contributed by atoms with Crippen LogP contribution in [0.15, 0.2) is 24.3 Å². The van der Waals surface area contributed by atoms with Crippen molar-refractivity contribution in [2.45, 2.75) is 320 Å². The lowest BCUT2D eigenvalue weighted by atomic mass is 9.80. The molecule has 0 radical (unpaired) electrons. The number of esters is 1. The fourth-order valence-corrected chi connectivity index (χ4v) is 17.9. The van der Waals surface area contributed by atoms with E-state index < -0.39 is 115 Å².